The Hall–Kier alpha value is -3.50. The number of carbonyl (C=O) groups excluding carboxylic acids is 2. The summed E-state index contributed by atoms with van der Waals surface area (Å²) >= 11 is 6.07. The molecule has 1 aliphatic rings. The number of hydrogen-bond acceptors (Lipinski definition) is 5. The first-order chi connectivity index (χ1) is 15.9. The molecule has 2 aromatic carbocycles. The summed E-state index contributed by atoms with van der Waals surface area (Å²) in [6.07, 6.45) is 3.24. The van der Waals surface area contributed by atoms with E-state index in [0.29, 0.717) is 41.7 Å². The summed E-state index contributed by atoms with van der Waals surface area (Å²) in [6, 6.07) is 14.0. The number of amides is 2. The van der Waals surface area contributed by atoms with Gasteiger partial charge in [-0.1, -0.05) is 23.7 Å². The number of rotatable bonds is 7. The Labute approximate surface area is 198 Å². The summed E-state index contributed by atoms with van der Waals surface area (Å²) in [5.74, 6) is 0.664. The third-order valence-electron chi connectivity index (χ3n) is 5.54. The topological polar surface area (TPSA) is 91.7 Å². The van der Waals surface area contributed by atoms with Gasteiger partial charge in [-0.2, -0.15) is 5.26 Å². The predicted molar refractivity (Wildman–Crippen MR) is 126 cm³/mol. The Morgan fingerprint density at radius 3 is 2.64 bits per heavy atom. The third-order valence-corrected chi connectivity index (χ3v) is 5.78. The minimum Gasteiger partial charge on any atom is -0.497 e. The average molecular weight is 468 g/mol. The van der Waals surface area contributed by atoms with Gasteiger partial charge in [0.1, 0.15) is 23.1 Å². The Morgan fingerprint density at radius 2 is 1.97 bits per heavy atom. The van der Waals surface area contributed by atoms with Gasteiger partial charge in [0.05, 0.1) is 19.8 Å². The van der Waals surface area contributed by atoms with Crippen LogP contribution in [0.3, 0.4) is 0 Å². The van der Waals surface area contributed by atoms with Gasteiger partial charge in [0.25, 0.3) is 11.8 Å². The second kappa shape index (κ2) is 11.4. The summed E-state index contributed by atoms with van der Waals surface area (Å²) in [7, 11) is 3.09. The Morgan fingerprint density at radius 1 is 1.21 bits per heavy atom. The van der Waals surface area contributed by atoms with Crippen molar-refractivity contribution in [2.24, 2.45) is 5.92 Å². The Bertz CT molecular complexity index is 1080. The normalized spacial score (nSPS) is 16.0. The van der Waals surface area contributed by atoms with Crippen LogP contribution in [0.5, 0.6) is 11.5 Å². The van der Waals surface area contributed by atoms with Gasteiger partial charge in [0.2, 0.25) is 0 Å². The first-order valence-corrected chi connectivity index (χ1v) is 11.0. The SMILES string of the molecule is COc1ccc(/C=C(\C#N)C(=O)NCC2CCCN(C(=O)c3cc(Cl)ccc3OC)C2)cc1. The molecule has 0 bridgehead atoms. The molecule has 1 unspecified atom stereocenters. The van der Waals surface area contributed by atoms with Crippen molar-refractivity contribution in [1.29, 1.82) is 5.26 Å². The molecule has 1 aliphatic heterocycles. The van der Waals surface area contributed by atoms with Gasteiger partial charge in [-0.05, 0) is 60.7 Å². The quantitative estimate of drug-likeness (QED) is 0.492. The number of likely N-dealkylation sites (tertiary alicyclic amines) is 1. The van der Waals surface area contributed by atoms with Crippen molar-refractivity contribution < 1.29 is 19.1 Å². The second-order valence-corrected chi connectivity index (χ2v) is 8.19. The minimum absolute atomic E-state index is 0.0209. The van der Waals surface area contributed by atoms with Crippen LogP contribution in [0, 0.1) is 17.2 Å². The molecule has 2 amide bonds. The lowest BCUT2D eigenvalue weighted by Crippen LogP contribution is -2.44. The van der Waals surface area contributed by atoms with E-state index >= 15 is 0 Å². The molecule has 7 nitrogen and oxygen atoms in total. The fourth-order valence-corrected chi connectivity index (χ4v) is 3.95. The maximum atomic E-state index is 13.1. The van der Waals surface area contributed by atoms with Gasteiger partial charge in [-0.25, -0.2) is 0 Å². The van der Waals surface area contributed by atoms with Gasteiger partial charge in [-0.3, -0.25) is 9.59 Å². The number of hydrogen-bond donors (Lipinski definition) is 1. The molecule has 0 spiro atoms. The molecule has 0 aliphatic carbocycles. The molecule has 1 atom stereocenters. The van der Waals surface area contributed by atoms with Crippen molar-refractivity contribution in [2.75, 3.05) is 33.9 Å². The Kier molecular flexibility index (Phi) is 8.34. The lowest BCUT2D eigenvalue weighted by molar-refractivity contribution is -0.117. The van der Waals surface area contributed by atoms with Crippen molar-refractivity contribution in [1.82, 2.24) is 10.2 Å². The van der Waals surface area contributed by atoms with Crippen LogP contribution >= 0.6 is 11.6 Å². The van der Waals surface area contributed by atoms with Crippen molar-refractivity contribution in [2.45, 2.75) is 12.8 Å². The number of halogens is 1. The van der Waals surface area contributed by atoms with Gasteiger partial charge in [-0.15, -0.1) is 0 Å². The molecule has 1 N–H and O–H groups in total. The minimum atomic E-state index is -0.437. The van der Waals surface area contributed by atoms with Crippen LogP contribution in [0.1, 0.15) is 28.8 Å². The highest BCUT2D eigenvalue weighted by molar-refractivity contribution is 6.31. The highest BCUT2D eigenvalue weighted by atomic mass is 35.5. The van der Waals surface area contributed by atoms with Crippen molar-refractivity contribution in [3.8, 4) is 17.6 Å². The van der Waals surface area contributed by atoms with E-state index in [1.54, 1.807) is 54.5 Å². The molecule has 1 heterocycles. The van der Waals surface area contributed by atoms with Crippen molar-refractivity contribution >= 4 is 29.5 Å². The molecule has 33 heavy (non-hydrogen) atoms. The molecule has 8 heteroatoms. The first kappa shape index (κ1) is 24.1. The van der Waals surface area contributed by atoms with Gasteiger partial charge in [0.15, 0.2) is 0 Å². The number of methoxy groups -OCH3 is 2. The van der Waals surface area contributed by atoms with Crippen LogP contribution in [-0.4, -0.2) is 50.6 Å². The fraction of sp³-hybridized carbons (Fsp3) is 0.320. The van der Waals surface area contributed by atoms with E-state index in [9.17, 15) is 14.9 Å². The molecule has 0 saturated carbocycles. The van der Waals surface area contributed by atoms with Crippen molar-refractivity contribution in [3.63, 3.8) is 0 Å². The third kappa shape index (κ3) is 6.27. The van der Waals surface area contributed by atoms with Crippen LogP contribution < -0.4 is 14.8 Å². The standard InChI is InChI=1S/C25H26ClN3O4/c1-32-21-8-5-17(6-9-21)12-19(14-27)24(30)28-15-18-4-3-11-29(16-18)25(31)22-13-20(26)7-10-23(22)33-2/h5-10,12-13,18H,3-4,11,15-16H2,1-2H3,(H,28,30)/b19-12+. The number of nitrogens with one attached hydrogen (secondary N) is 1. The van der Waals surface area contributed by atoms with E-state index in [-0.39, 0.29) is 17.4 Å². The van der Waals surface area contributed by atoms with Crippen LogP contribution in [0.4, 0.5) is 0 Å². The number of piperidine rings is 1. The molecular weight excluding hydrogens is 442 g/mol. The van der Waals surface area contributed by atoms with E-state index < -0.39 is 5.91 Å². The second-order valence-electron chi connectivity index (χ2n) is 7.76. The highest BCUT2D eigenvalue weighted by Crippen LogP contribution is 2.26. The molecular formula is C25H26ClN3O4. The molecule has 2 aromatic rings. The molecule has 0 aromatic heterocycles. The van der Waals surface area contributed by atoms with E-state index in [0.717, 1.165) is 18.4 Å². The summed E-state index contributed by atoms with van der Waals surface area (Å²) in [5.41, 5.74) is 1.17. The lowest BCUT2D eigenvalue weighted by Gasteiger charge is -2.33. The molecule has 0 radical (unpaired) electrons. The largest absolute Gasteiger partial charge is 0.497 e. The maximum absolute atomic E-state index is 13.1. The number of benzene rings is 2. The van der Waals surface area contributed by atoms with Gasteiger partial charge >= 0.3 is 0 Å². The summed E-state index contributed by atoms with van der Waals surface area (Å²) in [5, 5.41) is 12.7. The zero-order valence-electron chi connectivity index (χ0n) is 18.6. The lowest BCUT2D eigenvalue weighted by atomic mass is 9.97. The van der Waals surface area contributed by atoms with Gasteiger partial charge < -0.3 is 19.7 Å². The number of ether oxygens (including phenoxy) is 2. The van der Waals surface area contributed by atoms with E-state index in [1.807, 2.05) is 6.07 Å². The van der Waals surface area contributed by atoms with Crippen LogP contribution in [0.2, 0.25) is 5.02 Å². The summed E-state index contributed by atoms with van der Waals surface area (Å²) in [6.45, 7) is 1.50. The molecule has 1 saturated heterocycles. The van der Waals surface area contributed by atoms with Gasteiger partial charge in [0, 0.05) is 24.7 Å². The maximum Gasteiger partial charge on any atom is 0.261 e. The summed E-state index contributed by atoms with van der Waals surface area (Å²) in [4.78, 5) is 27.4. The van der Waals surface area contributed by atoms with E-state index in [4.69, 9.17) is 21.1 Å². The van der Waals surface area contributed by atoms with Crippen LogP contribution in [0.15, 0.2) is 48.0 Å². The smallest absolute Gasteiger partial charge is 0.261 e. The summed E-state index contributed by atoms with van der Waals surface area (Å²) < 4.78 is 10.4. The average Bonchev–Trinajstić information content (AvgIpc) is 2.85. The molecule has 1 fully saturated rings. The highest BCUT2D eigenvalue weighted by Gasteiger charge is 2.27. The Balaban J connectivity index is 1.61. The van der Waals surface area contributed by atoms with Crippen LogP contribution in [-0.2, 0) is 4.79 Å². The van der Waals surface area contributed by atoms with E-state index in [1.165, 1.54) is 13.2 Å². The van der Waals surface area contributed by atoms with Crippen LogP contribution in [0.25, 0.3) is 6.08 Å². The molecule has 172 valence electrons. The molecule has 3 rings (SSSR count). The van der Waals surface area contributed by atoms with E-state index in [2.05, 4.69) is 5.32 Å². The predicted octanol–water partition coefficient (Wildman–Crippen LogP) is 3.93. The number of nitrogens with zero attached hydrogens (tertiary/aromatic N) is 2. The number of nitriles is 1. The zero-order valence-corrected chi connectivity index (χ0v) is 19.4. The number of carbonyl (C=O) groups is 2. The first-order valence-electron chi connectivity index (χ1n) is 10.6. The fourth-order valence-electron chi connectivity index (χ4n) is 3.78. The van der Waals surface area contributed by atoms with Crippen molar-refractivity contribution in [3.05, 3.63) is 64.2 Å². The monoisotopic (exact) mass is 467 g/mol. The zero-order chi connectivity index (χ0) is 23.8.